The molecule has 1 saturated heterocycles. The third kappa shape index (κ3) is 5.40. The number of hydrogen-bond donors (Lipinski definition) is 0. The molecule has 0 unspecified atom stereocenters. The van der Waals surface area contributed by atoms with Crippen molar-refractivity contribution >= 4 is 0 Å². The summed E-state index contributed by atoms with van der Waals surface area (Å²) in [5.74, 6) is 0.183. The molecule has 2 heterocycles. The maximum Gasteiger partial charge on any atom is 0.333 e. The number of alkyl halides is 1. The lowest BCUT2D eigenvalue weighted by atomic mass is 10.1. The monoisotopic (exact) mass is 454 g/mol. The Morgan fingerprint density at radius 2 is 1.79 bits per heavy atom. The van der Waals surface area contributed by atoms with E-state index in [4.69, 9.17) is 14.2 Å². The third-order valence-corrected chi connectivity index (χ3v) is 5.78. The molecule has 0 N–H and O–H groups in total. The van der Waals surface area contributed by atoms with Crippen molar-refractivity contribution in [3.63, 3.8) is 0 Å². The van der Waals surface area contributed by atoms with Crippen LogP contribution < -0.4 is 16.0 Å². The number of ether oxygens (including phenoxy) is 3. The molecule has 1 aromatic heterocycles. The van der Waals surface area contributed by atoms with Gasteiger partial charge in [0.1, 0.15) is 12.0 Å². The largest absolute Gasteiger partial charge is 0.497 e. The Hall–Kier alpha value is -3.23. The minimum atomic E-state index is -0.796. The van der Waals surface area contributed by atoms with Crippen LogP contribution >= 0.6 is 0 Å². The van der Waals surface area contributed by atoms with Gasteiger partial charge in [0.15, 0.2) is 0 Å². The van der Waals surface area contributed by atoms with E-state index in [9.17, 15) is 14.0 Å². The quantitative estimate of drug-likeness (QED) is 0.497. The predicted octanol–water partition coefficient (Wildman–Crippen LogP) is 3.16. The molecule has 0 radical (unpaired) electrons. The highest BCUT2D eigenvalue weighted by molar-refractivity contribution is 5.27. The van der Waals surface area contributed by atoms with Crippen molar-refractivity contribution in [1.82, 2.24) is 9.13 Å². The Bertz CT molecular complexity index is 1160. The Labute approximate surface area is 191 Å². The highest BCUT2D eigenvalue weighted by Gasteiger charge is 2.37. The van der Waals surface area contributed by atoms with Crippen LogP contribution in [0.15, 0.2) is 76.4 Å². The molecule has 0 spiro atoms. The van der Waals surface area contributed by atoms with Crippen molar-refractivity contribution in [2.24, 2.45) is 5.92 Å². The molecular formula is C25H27FN2O5. The van der Waals surface area contributed by atoms with Crippen molar-refractivity contribution in [3.8, 4) is 5.75 Å². The minimum Gasteiger partial charge on any atom is -0.497 e. The maximum atomic E-state index is 13.8. The van der Waals surface area contributed by atoms with E-state index < -0.39 is 30.1 Å². The topological polar surface area (TPSA) is 71.7 Å². The average Bonchev–Trinajstić information content (AvgIpc) is 3.25. The summed E-state index contributed by atoms with van der Waals surface area (Å²) >= 11 is 0. The minimum absolute atomic E-state index is 0.0964. The molecule has 2 aromatic carbocycles. The standard InChI is InChI=1S/C25H27FN2O5/c1-31-21-9-7-18(8-10-21)15-28-23(29)11-12-27(25(28)30)24-20(14-26)13-22(33-24)17-32-16-19-5-3-2-4-6-19/h2-12,20,22,24H,13-17H2,1H3/t20-,22+,24-/m1/s1. The number of halogens is 1. The van der Waals surface area contributed by atoms with Crippen molar-refractivity contribution in [1.29, 1.82) is 0 Å². The van der Waals surface area contributed by atoms with Gasteiger partial charge in [0.05, 0.1) is 39.6 Å². The third-order valence-electron chi connectivity index (χ3n) is 5.78. The van der Waals surface area contributed by atoms with Crippen LogP contribution in [0.25, 0.3) is 0 Å². The Balaban J connectivity index is 1.48. The summed E-state index contributed by atoms with van der Waals surface area (Å²) in [6.45, 7) is 0.184. The molecule has 1 fully saturated rings. The zero-order valence-electron chi connectivity index (χ0n) is 18.4. The van der Waals surface area contributed by atoms with Crippen molar-refractivity contribution < 1.29 is 18.6 Å². The lowest BCUT2D eigenvalue weighted by Gasteiger charge is -2.20. The SMILES string of the molecule is COc1ccc(Cn2c(=O)ccn([C@@H]3O[C@H](COCc4ccccc4)C[C@@H]3CF)c2=O)cc1. The summed E-state index contributed by atoms with van der Waals surface area (Å²) in [5, 5.41) is 0. The zero-order chi connectivity index (χ0) is 23.2. The van der Waals surface area contributed by atoms with Crippen molar-refractivity contribution in [3.05, 3.63) is 98.8 Å². The maximum absolute atomic E-state index is 13.8. The van der Waals surface area contributed by atoms with Gasteiger partial charge in [-0.25, -0.2) is 4.79 Å². The van der Waals surface area contributed by atoms with Crippen LogP contribution in [0.3, 0.4) is 0 Å². The molecule has 0 bridgehead atoms. The van der Waals surface area contributed by atoms with E-state index in [1.807, 2.05) is 30.3 Å². The fourth-order valence-electron chi connectivity index (χ4n) is 4.02. The van der Waals surface area contributed by atoms with E-state index in [1.54, 1.807) is 31.4 Å². The van der Waals surface area contributed by atoms with Crippen LogP contribution in [-0.2, 0) is 22.6 Å². The lowest BCUT2D eigenvalue weighted by Crippen LogP contribution is -2.42. The van der Waals surface area contributed by atoms with Gasteiger partial charge in [-0.05, 0) is 29.7 Å². The molecule has 174 valence electrons. The van der Waals surface area contributed by atoms with Crippen LogP contribution in [0.4, 0.5) is 4.39 Å². The highest BCUT2D eigenvalue weighted by Crippen LogP contribution is 2.34. The van der Waals surface area contributed by atoms with E-state index in [0.29, 0.717) is 25.4 Å². The first-order valence-electron chi connectivity index (χ1n) is 10.9. The second kappa shape index (κ2) is 10.6. The molecule has 0 saturated carbocycles. The summed E-state index contributed by atoms with van der Waals surface area (Å²) < 4.78 is 33.2. The van der Waals surface area contributed by atoms with Crippen molar-refractivity contribution in [2.45, 2.75) is 31.9 Å². The molecule has 0 amide bonds. The molecule has 3 aromatic rings. The fraction of sp³-hybridized carbons (Fsp3) is 0.360. The predicted molar refractivity (Wildman–Crippen MR) is 121 cm³/mol. The molecule has 8 heteroatoms. The Morgan fingerprint density at radius 3 is 2.48 bits per heavy atom. The number of hydrogen-bond acceptors (Lipinski definition) is 5. The van der Waals surface area contributed by atoms with Crippen LogP contribution in [0.2, 0.25) is 0 Å². The van der Waals surface area contributed by atoms with E-state index >= 15 is 0 Å². The van der Waals surface area contributed by atoms with Crippen LogP contribution in [0.5, 0.6) is 5.75 Å². The van der Waals surface area contributed by atoms with Gasteiger partial charge in [-0.2, -0.15) is 0 Å². The number of benzene rings is 2. The number of aromatic nitrogens is 2. The average molecular weight is 454 g/mol. The van der Waals surface area contributed by atoms with Gasteiger partial charge in [0.2, 0.25) is 0 Å². The fourth-order valence-corrected chi connectivity index (χ4v) is 4.02. The number of rotatable bonds is 9. The van der Waals surface area contributed by atoms with Crippen molar-refractivity contribution in [2.75, 3.05) is 20.4 Å². The van der Waals surface area contributed by atoms with Crippen LogP contribution in [0, 0.1) is 5.92 Å². The zero-order valence-corrected chi connectivity index (χ0v) is 18.4. The normalized spacial score (nSPS) is 20.1. The van der Waals surface area contributed by atoms with Gasteiger partial charge >= 0.3 is 5.69 Å². The van der Waals surface area contributed by atoms with Crippen LogP contribution in [0.1, 0.15) is 23.8 Å². The molecule has 7 nitrogen and oxygen atoms in total. The van der Waals surface area contributed by atoms with Gasteiger partial charge in [0, 0.05) is 18.2 Å². The number of methoxy groups -OCH3 is 1. The summed E-state index contributed by atoms with van der Waals surface area (Å²) in [7, 11) is 1.57. The first-order valence-corrected chi connectivity index (χ1v) is 10.9. The van der Waals surface area contributed by atoms with Gasteiger partial charge in [-0.15, -0.1) is 0 Å². The van der Waals surface area contributed by atoms with Gasteiger partial charge in [-0.1, -0.05) is 42.5 Å². The summed E-state index contributed by atoms with van der Waals surface area (Å²) in [6.07, 6.45) is 0.680. The molecule has 0 aliphatic carbocycles. The summed E-state index contributed by atoms with van der Waals surface area (Å²) in [5.41, 5.74) is 0.850. The van der Waals surface area contributed by atoms with E-state index in [0.717, 1.165) is 15.7 Å². The molecule has 1 aliphatic rings. The van der Waals surface area contributed by atoms with E-state index in [-0.39, 0.29) is 12.6 Å². The second-order valence-electron chi connectivity index (χ2n) is 8.08. The first kappa shape index (κ1) is 22.9. The Morgan fingerprint density at radius 1 is 1.03 bits per heavy atom. The Kier molecular flexibility index (Phi) is 7.36. The molecule has 1 aliphatic heterocycles. The highest BCUT2D eigenvalue weighted by atomic mass is 19.1. The smallest absolute Gasteiger partial charge is 0.333 e. The number of nitrogens with zero attached hydrogens (tertiary/aromatic N) is 2. The second-order valence-corrected chi connectivity index (χ2v) is 8.08. The summed E-state index contributed by atoms with van der Waals surface area (Å²) in [6, 6.07) is 18.2. The molecular weight excluding hydrogens is 427 g/mol. The van der Waals surface area contributed by atoms with Gasteiger partial charge in [-0.3, -0.25) is 18.3 Å². The lowest BCUT2D eigenvalue weighted by molar-refractivity contribution is -0.0555. The molecule has 4 rings (SSSR count). The van der Waals surface area contributed by atoms with E-state index in [1.165, 1.54) is 16.8 Å². The summed E-state index contributed by atoms with van der Waals surface area (Å²) in [4.78, 5) is 25.6. The van der Waals surface area contributed by atoms with Crippen LogP contribution in [-0.4, -0.2) is 35.6 Å². The molecule has 33 heavy (non-hydrogen) atoms. The van der Waals surface area contributed by atoms with E-state index in [2.05, 4.69) is 0 Å². The van der Waals surface area contributed by atoms with Gasteiger partial charge < -0.3 is 14.2 Å². The first-order chi connectivity index (χ1) is 16.1. The molecule has 3 atom stereocenters. The van der Waals surface area contributed by atoms with Gasteiger partial charge in [0.25, 0.3) is 5.56 Å².